The molecule has 1 unspecified atom stereocenters. The molecule has 0 spiro atoms. The summed E-state index contributed by atoms with van der Waals surface area (Å²) in [7, 11) is 0. The summed E-state index contributed by atoms with van der Waals surface area (Å²) in [6.45, 7) is 1.62. The smallest absolute Gasteiger partial charge is 0.133 e. The van der Waals surface area contributed by atoms with Gasteiger partial charge in [-0.2, -0.15) is 0 Å². The summed E-state index contributed by atoms with van der Waals surface area (Å²) in [5, 5.41) is 0. The van der Waals surface area contributed by atoms with Crippen molar-refractivity contribution in [2.45, 2.75) is 45.4 Å². The van der Waals surface area contributed by atoms with Crippen molar-refractivity contribution in [1.29, 1.82) is 0 Å². The van der Waals surface area contributed by atoms with Crippen LogP contribution in [0.15, 0.2) is 0 Å². The number of carbonyl (C=O) groups is 2. The topological polar surface area (TPSA) is 34.1 Å². The third-order valence-electron chi connectivity index (χ3n) is 2.49. The molecule has 1 aliphatic carbocycles. The predicted octanol–water partition coefficient (Wildman–Crippen LogP) is 2.11. The molecule has 2 heteroatoms. The van der Waals surface area contributed by atoms with Crippen LogP contribution in [0.25, 0.3) is 0 Å². The number of carbonyl (C=O) groups excluding carboxylic acids is 2. The number of rotatable bonds is 3. The van der Waals surface area contributed by atoms with E-state index in [4.69, 9.17) is 0 Å². The SMILES string of the molecule is CC(=O)CCC1CCCC(=O)C1. The largest absolute Gasteiger partial charge is 0.300 e. The molecule has 0 saturated heterocycles. The van der Waals surface area contributed by atoms with E-state index in [1.54, 1.807) is 6.92 Å². The van der Waals surface area contributed by atoms with E-state index in [0.29, 0.717) is 24.5 Å². The van der Waals surface area contributed by atoms with Gasteiger partial charge in [0.05, 0.1) is 0 Å². The molecule has 0 aromatic rings. The average molecular weight is 168 g/mol. The maximum Gasteiger partial charge on any atom is 0.133 e. The van der Waals surface area contributed by atoms with Crippen LogP contribution in [0.5, 0.6) is 0 Å². The van der Waals surface area contributed by atoms with Crippen molar-refractivity contribution < 1.29 is 9.59 Å². The zero-order chi connectivity index (χ0) is 8.97. The van der Waals surface area contributed by atoms with Gasteiger partial charge >= 0.3 is 0 Å². The zero-order valence-electron chi connectivity index (χ0n) is 7.64. The lowest BCUT2D eigenvalue weighted by Gasteiger charge is -2.19. The van der Waals surface area contributed by atoms with Crippen LogP contribution in [0.3, 0.4) is 0 Å². The molecule has 0 aromatic heterocycles. The number of ketones is 2. The first-order valence-electron chi connectivity index (χ1n) is 4.69. The Morgan fingerprint density at radius 2 is 2.33 bits per heavy atom. The Labute approximate surface area is 73.3 Å². The molecule has 0 amide bonds. The van der Waals surface area contributed by atoms with E-state index in [1.807, 2.05) is 0 Å². The Bertz CT molecular complexity index is 184. The molecule has 1 atom stereocenters. The number of Topliss-reactive ketones (excluding diaryl/α,β-unsaturated/α-hetero) is 2. The average Bonchev–Trinajstić information content (AvgIpc) is 2.01. The summed E-state index contributed by atoms with van der Waals surface area (Å²) in [6, 6.07) is 0. The monoisotopic (exact) mass is 168 g/mol. The summed E-state index contributed by atoms with van der Waals surface area (Å²) in [5.74, 6) is 1.12. The number of hydrogen-bond acceptors (Lipinski definition) is 2. The van der Waals surface area contributed by atoms with E-state index in [1.165, 1.54) is 0 Å². The van der Waals surface area contributed by atoms with Crippen molar-refractivity contribution in [3.63, 3.8) is 0 Å². The van der Waals surface area contributed by atoms with Crippen molar-refractivity contribution in [2.24, 2.45) is 5.92 Å². The quantitative estimate of drug-likeness (QED) is 0.646. The summed E-state index contributed by atoms with van der Waals surface area (Å²) in [4.78, 5) is 21.7. The normalized spacial score (nSPS) is 24.1. The lowest BCUT2D eigenvalue weighted by atomic mass is 9.85. The molecule has 12 heavy (non-hydrogen) atoms. The van der Waals surface area contributed by atoms with Crippen LogP contribution in [0.1, 0.15) is 45.4 Å². The maximum absolute atomic E-state index is 11.0. The second-order valence-electron chi connectivity index (χ2n) is 3.74. The van der Waals surface area contributed by atoms with E-state index in [9.17, 15) is 9.59 Å². The highest BCUT2D eigenvalue weighted by Crippen LogP contribution is 2.25. The van der Waals surface area contributed by atoms with Crippen LogP contribution >= 0.6 is 0 Å². The molecule has 1 aliphatic rings. The van der Waals surface area contributed by atoms with Gasteiger partial charge in [0.1, 0.15) is 11.6 Å². The highest BCUT2D eigenvalue weighted by molar-refractivity contribution is 5.79. The van der Waals surface area contributed by atoms with Gasteiger partial charge in [0, 0.05) is 19.3 Å². The third kappa shape index (κ3) is 3.16. The highest BCUT2D eigenvalue weighted by atomic mass is 16.1. The number of hydrogen-bond donors (Lipinski definition) is 0. The Kier molecular flexibility index (Phi) is 3.45. The first-order valence-corrected chi connectivity index (χ1v) is 4.69. The van der Waals surface area contributed by atoms with Gasteiger partial charge in [-0.3, -0.25) is 4.79 Å². The van der Waals surface area contributed by atoms with Crippen LogP contribution < -0.4 is 0 Å². The zero-order valence-corrected chi connectivity index (χ0v) is 7.64. The maximum atomic E-state index is 11.0. The fourth-order valence-corrected chi connectivity index (χ4v) is 1.77. The fourth-order valence-electron chi connectivity index (χ4n) is 1.77. The summed E-state index contributed by atoms with van der Waals surface area (Å²) in [5.41, 5.74) is 0. The van der Waals surface area contributed by atoms with Crippen LogP contribution in [0.2, 0.25) is 0 Å². The Balaban J connectivity index is 2.23. The molecular formula is C10H16O2. The van der Waals surface area contributed by atoms with Crippen molar-refractivity contribution in [2.75, 3.05) is 0 Å². The molecule has 1 fully saturated rings. The molecule has 68 valence electrons. The van der Waals surface area contributed by atoms with Crippen molar-refractivity contribution >= 4 is 11.6 Å². The van der Waals surface area contributed by atoms with Gasteiger partial charge in [-0.1, -0.05) is 0 Å². The second kappa shape index (κ2) is 4.39. The minimum absolute atomic E-state index is 0.244. The van der Waals surface area contributed by atoms with Gasteiger partial charge in [-0.05, 0) is 32.1 Å². The van der Waals surface area contributed by atoms with Gasteiger partial charge in [0.25, 0.3) is 0 Å². The van der Waals surface area contributed by atoms with Gasteiger partial charge in [0.2, 0.25) is 0 Å². The molecule has 0 aromatic carbocycles. The molecule has 0 radical (unpaired) electrons. The molecule has 1 rings (SSSR count). The van der Waals surface area contributed by atoms with Crippen molar-refractivity contribution in [3.8, 4) is 0 Å². The summed E-state index contributed by atoms with van der Waals surface area (Å²) < 4.78 is 0. The third-order valence-corrected chi connectivity index (χ3v) is 2.49. The Hall–Kier alpha value is -0.660. The van der Waals surface area contributed by atoms with E-state index in [0.717, 1.165) is 25.7 Å². The van der Waals surface area contributed by atoms with E-state index >= 15 is 0 Å². The highest BCUT2D eigenvalue weighted by Gasteiger charge is 2.19. The van der Waals surface area contributed by atoms with Gasteiger partial charge < -0.3 is 4.79 Å². The minimum Gasteiger partial charge on any atom is -0.300 e. The van der Waals surface area contributed by atoms with E-state index < -0.39 is 0 Å². The van der Waals surface area contributed by atoms with Crippen LogP contribution in [-0.2, 0) is 9.59 Å². The molecule has 2 nitrogen and oxygen atoms in total. The summed E-state index contributed by atoms with van der Waals surface area (Å²) >= 11 is 0. The molecule has 0 heterocycles. The van der Waals surface area contributed by atoms with Crippen LogP contribution in [0, 0.1) is 5.92 Å². The standard InChI is InChI=1S/C10H16O2/c1-8(11)5-6-9-3-2-4-10(12)7-9/h9H,2-7H2,1H3. The molecule has 0 N–H and O–H groups in total. The fraction of sp³-hybridized carbons (Fsp3) is 0.800. The second-order valence-corrected chi connectivity index (χ2v) is 3.74. The molecule has 1 saturated carbocycles. The lowest BCUT2D eigenvalue weighted by Crippen LogP contribution is -2.15. The first kappa shape index (κ1) is 9.43. The van der Waals surface area contributed by atoms with Gasteiger partial charge in [0.15, 0.2) is 0 Å². The van der Waals surface area contributed by atoms with Crippen LogP contribution in [0.4, 0.5) is 0 Å². The van der Waals surface area contributed by atoms with Crippen molar-refractivity contribution in [1.82, 2.24) is 0 Å². The van der Waals surface area contributed by atoms with Gasteiger partial charge in [-0.15, -0.1) is 0 Å². The van der Waals surface area contributed by atoms with Gasteiger partial charge in [-0.25, -0.2) is 0 Å². The molecule has 0 aliphatic heterocycles. The predicted molar refractivity (Wildman–Crippen MR) is 46.9 cm³/mol. The Morgan fingerprint density at radius 3 is 2.92 bits per heavy atom. The first-order chi connectivity index (χ1) is 5.68. The summed E-state index contributed by atoms with van der Waals surface area (Å²) in [6.07, 6.45) is 5.21. The van der Waals surface area contributed by atoms with Crippen molar-refractivity contribution in [3.05, 3.63) is 0 Å². The van der Waals surface area contributed by atoms with E-state index in [2.05, 4.69) is 0 Å². The Morgan fingerprint density at radius 1 is 1.58 bits per heavy atom. The molecular weight excluding hydrogens is 152 g/mol. The minimum atomic E-state index is 0.244. The molecule has 0 bridgehead atoms. The van der Waals surface area contributed by atoms with E-state index in [-0.39, 0.29) is 5.78 Å². The van der Waals surface area contributed by atoms with Crippen LogP contribution in [-0.4, -0.2) is 11.6 Å². The lowest BCUT2D eigenvalue weighted by molar-refractivity contribution is -0.122.